The van der Waals surface area contributed by atoms with Gasteiger partial charge in [-0.25, -0.2) is 0 Å². The van der Waals surface area contributed by atoms with Crippen molar-refractivity contribution in [1.29, 1.82) is 0 Å². The predicted molar refractivity (Wildman–Crippen MR) is 140 cm³/mol. The van der Waals surface area contributed by atoms with Gasteiger partial charge in [-0.3, -0.25) is 0 Å². The molecule has 0 aliphatic heterocycles. The Kier molecular flexibility index (Phi) is 6.99. The molecule has 0 spiro atoms. The first-order valence-corrected chi connectivity index (χ1v) is 12.5. The third kappa shape index (κ3) is 4.60. The molecule has 2 aromatic rings. The van der Waals surface area contributed by atoms with Gasteiger partial charge in [0.05, 0.1) is 0 Å². The van der Waals surface area contributed by atoms with E-state index in [1.54, 1.807) is 11.1 Å². The second kappa shape index (κ2) is 9.90. The molecule has 2 aliphatic carbocycles. The highest BCUT2D eigenvalue weighted by Gasteiger charge is 2.22. The first kappa shape index (κ1) is 22.6. The van der Waals surface area contributed by atoms with E-state index in [9.17, 15) is 0 Å². The number of aryl methyl sites for hydroxylation is 3. The molecule has 2 aliphatic rings. The molecular weight excluding hydrogens is 384 g/mol. The molecule has 0 amide bonds. The average Bonchev–Trinajstić information content (AvgIpc) is 3.31. The summed E-state index contributed by atoms with van der Waals surface area (Å²) in [6.07, 6.45) is 16.3. The number of rotatable bonds is 8. The van der Waals surface area contributed by atoms with Crippen LogP contribution in [0.15, 0.2) is 77.9 Å². The summed E-state index contributed by atoms with van der Waals surface area (Å²) in [5.74, 6) is 0.935. The molecule has 2 atom stereocenters. The van der Waals surface area contributed by atoms with Gasteiger partial charge in [-0.1, -0.05) is 93.6 Å². The summed E-state index contributed by atoms with van der Waals surface area (Å²) in [5.41, 5.74) is 13.1. The smallest absolute Gasteiger partial charge is 0.00615 e. The Hall–Kier alpha value is -2.60. The zero-order valence-electron chi connectivity index (χ0n) is 20.4. The van der Waals surface area contributed by atoms with Crippen LogP contribution in [0.2, 0.25) is 0 Å². The Bertz CT molecular complexity index is 1090. The molecule has 2 unspecified atom stereocenters. The summed E-state index contributed by atoms with van der Waals surface area (Å²) in [7, 11) is 0. The lowest BCUT2D eigenvalue weighted by molar-refractivity contribution is 0.743. The minimum atomic E-state index is 0.397. The molecule has 4 rings (SSSR count). The van der Waals surface area contributed by atoms with Crippen LogP contribution in [0.25, 0.3) is 6.08 Å². The second-order valence-corrected chi connectivity index (χ2v) is 9.56. The lowest BCUT2D eigenvalue weighted by Crippen LogP contribution is -2.12. The second-order valence-electron chi connectivity index (χ2n) is 9.56. The molecule has 32 heavy (non-hydrogen) atoms. The Balaban J connectivity index is 1.44. The third-order valence-corrected chi connectivity index (χ3v) is 7.66. The van der Waals surface area contributed by atoms with Gasteiger partial charge in [-0.15, -0.1) is 0 Å². The van der Waals surface area contributed by atoms with Gasteiger partial charge in [0, 0.05) is 11.8 Å². The summed E-state index contributed by atoms with van der Waals surface area (Å²) in [6, 6.07) is 13.8. The molecule has 0 saturated heterocycles. The molecule has 2 aromatic carbocycles. The van der Waals surface area contributed by atoms with Crippen molar-refractivity contribution in [3.63, 3.8) is 0 Å². The van der Waals surface area contributed by atoms with Crippen molar-refractivity contribution in [3.05, 3.63) is 111 Å². The van der Waals surface area contributed by atoms with Crippen LogP contribution in [-0.4, -0.2) is 0 Å². The molecule has 166 valence electrons. The molecule has 0 bridgehead atoms. The van der Waals surface area contributed by atoms with Gasteiger partial charge in [0.25, 0.3) is 0 Å². The van der Waals surface area contributed by atoms with Crippen LogP contribution in [0.1, 0.15) is 79.3 Å². The lowest BCUT2D eigenvalue weighted by Gasteiger charge is -2.24. The van der Waals surface area contributed by atoms with E-state index in [1.807, 2.05) is 0 Å². The van der Waals surface area contributed by atoms with Crippen molar-refractivity contribution in [3.8, 4) is 0 Å². The quantitative estimate of drug-likeness (QED) is 0.373. The highest BCUT2D eigenvalue weighted by molar-refractivity contribution is 5.63. The minimum absolute atomic E-state index is 0.397. The fraction of sp³-hybridized carbons (Fsp3) is 0.375. The minimum Gasteiger partial charge on any atom is -0.0992 e. The van der Waals surface area contributed by atoms with E-state index in [1.165, 1.54) is 39.0 Å². The van der Waals surface area contributed by atoms with Crippen molar-refractivity contribution in [1.82, 2.24) is 0 Å². The first-order valence-electron chi connectivity index (χ1n) is 12.5. The van der Waals surface area contributed by atoms with Gasteiger partial charge in [-0.05, 0) is 90.0 Å². The van der Waals surface area contributed by atoms with Crippen LogP contribution >= 0.6 is 0 Å². The monoisotopic (exact) mass is 422 g/mol. The predicted octanol–water partition coefficient (Wildman–Crippen LogP) is 8.70. The normalized spacial score (nSPS) is 18.2. The summed E-state index contributed by atoms with van der Waals surface area (Å²) in [5, 5.41) is 0. The van der Waals surface area contributed by atoms with Gasteiger partial charge >= 0.3 is 0 Å². The fourth-order valence-corrected chi connectivity index (χ4v) is 5.41. The van der Waals surface area contributed by atoms with Crippen molar-refractivity contribution >= 4 is 6.08 Å². The van der Waals surface area contributed by atoms with Crippen LogP contribution in [0.3, 0.4) is 0 Å². The molecule has 0 saturated carbocycles. The number of fused-ring (bicyclic) bond motifs is 1. The van der Waals surface area contributed by atoms with E-state index in [0.717, 1.165) is 38.5 Å². The van der Waals surface area contributed by atoms with Crippen LogP contribution < -0.4 is 0 Å². The van der Waals surface area contributed by atoms with E-state index in [2.05, 4.69) is 95.0 Å². The molecule has 0 fully saturated rings. The van der Waals surface area contributed by atoms with E-state index >= 15 is 0 Å². The Morgan fingerprint density at radius 2 is 1.91 bits per heavy atom. The third-order valence-electron chi connectivity index (χ3n) is 7.66. The molecule has 0 aromatic heterocycles. The summed E-state index contributed by atoms with van der Waals surface area (Å²) < 4.78 is 0. The molecule has 0 heteroatoms. The standard InChI is InChI=1S/C32H38/c1-6-25-10-9-13-31(25)30-18-19-32-27(11-8-12-29(32)21-30)16-14-22(3)24(5)28-17-15-23(4)26(7-2)20-28/h8,10-13,15,17-20,24,30H,3,6-7,9,14,16,21H2,1-2,4-5H3. The number of allylic oxidation sites excluding steroid dienone is 6. The summed E-state index contributed by atoms with van der Waals surface area (Å²) in [6.45, 7) is 13.5. The molecule has 0 radical (unpaired) electrons. The topological polar surface area (TPSA) is 0 Å². The summed E-state index contributed by atoms with van der Waals surface area (Å²) >= 11 is 0. The van der Waals surface area contributed by atoms with Crippen LogP contribution in [-0.2, 0) is 19.3 Å². The lowest BCUT2D eigenvalue weighted by atomic mass is 9.80. The van der Waals surface area contributed by atoms with Gasteiger partial charge in [-0.2, -0.15) is 0 Å². The maximum atomic E-state index is 4.49. The van der Waals surface area contributed by atoms with Crippen LogP contribution in [0.4, 0.5) is 0 Å². The van der Waals surface area contributed by atoms with Crippen LogP contribution in [0, 0.1) is 12.8 Å². The molecule has 0 heterocycles. The van der Waals surface area contributed by atoms with Crippen molar-refractivity contribution in [2.24, 2.45) is 5.92 Å². The van der Waals surface area contributed by atoms with Gasteiger partial charge in [0.15, 0.2) is 0 Å². The number of hydrogen-bond donors (Lipinski definition) is 0. The van der Waals surface area contributed by atoms with Gasteiger partial charge in [0.2, 0.25) is 0 Å². The van der Waals surface area contributed by atoms with Gasteiger partial charge < -0.3 is 0 Å². The number of hydrogen-bond acceptors (Lipinski definition) is 0. The van der Waals surface area contributed by atoms with Crippen molar-refractivity contribution in [2.45, 2.75) is 72.1 Å². The maximum absolute atomic E-state index is 4.49. The zero-order valence-corrected chi connectivity index (χ0v) is 20.4. The summed E-state index contributed by atoms with van der Waals surface area (Å²) in [4.78, 5) is 0. The van der Waals surface area contributed by atoms with E-state index in [0.29, 0.717) is 11.8 Å². The van der Waals surface area contributed by atoms with Crippen molar-refractivity contribution < 1.29 is 0 Å². The highest BCUT2D eigenvalue weighted by atomic mass is 14.3. The molecule has 0 nitrogen and oxygen atoms in total. The van der Waals surface area contributed by atoms with Crippen LogP contribution in [0.5, 0.6) is 0 Å². The fourth-order valence-electron chi connectivity index (χ4n) is 5.41. The average molecular weight is 423 g/mol. The van der Waals surface area contributed by atoms with Gasteiger partial charge in [0.1, 0.15) is 0 Å². The highest BCUT2D eigenvalue weighted by Crippen LogP contribution is 2.37. The molecule has 0 N–H and O–H groups in total. The maximum Gasteiger partial charge on any atom is 0.00615 e. The van der Waals surface area contributed by atoms with E-state index < -0.39 is 0 Å². The number of benzene rings is 2. The largest absolute Gasteiger partial charge is 0.0992 e. The van der Waals surface area contributed by atoms with Crippen molar-refractivity contribution in [2.75, 3.05) is 0 Å². The van der Waals surface area contributed by atoms with E-state index in [4.69, 9.17) is 0 Å². The Morgan fingerprint density at radius 3 is 2.69 bits per heavy atom. The molecular formula is C32H38. The Morgan fingerprint density at radius 1 is 1.06 bits per heavy atom. The Labute approximate surface area is 195 Å². The SMILES string of the molecule is C=C(CCc1cccc2c1C=CC(C1=CCC=C1CC)C2)C(C)c1ccc(C)c(CC)c1. The zero-order chi connectivity index (χ0) is 22.7. The van der Waals surface area contributed by atoms with E-state index in [-0.39, 0.29) is 0 Å². The first-order chi connectivity index (χ1) is 15.5.